The van der Waals surface area contributed by atoms with Crippen LogP contribution in [0, 0.1) is 17.6 Å². The molecule has 2 atom stereocenters. The van der Waals surface area contributed by atoms with Crippen LogP contribution in [-0.2, 0) is 4.74 Å². The van der Waals surface area contributed by atoms with Crippen LogP contribution in [0.2, 0.25) is 0 Å². The molecule has 1 aromatic rings. The van der Waals surface area contributed by atoms with Crippen LogP contribution in [0.25, 0.3) is 0 Å². The van der Waals surface area contributed by atoms with E-state index >= 15 is 0 Å². The highest BCUT2D eigenvalue weighted by Crippen LogP contribution is 2.34. The van der Waals surface area contributed by atoms with Crippen molar-refractivity contribution in [2.45, 2.75) is 18.9 Å². The van der Waals surface area contributed by atoms with Gasteiger partial charge in [0.1, 0.15) is 0 Å². The number of ether oxygens (including phenoxy) is 1. The summed E-state index contributed by atoms with van der Waals surface area (Å²) in [7, 11) is 0. The summed E-state index contributed by atoms with van der Waals surface area (Å²) in [6.07, 6.45) is 1.89. The predicted molar refractivity (Wildman–Crippen MR) is 67.7 cm³/mol. The van der Waals surface area contributed by atoms with Crippen LogP contribution < -0.4 is 11.3 Å². The Bertz CT molecular complexity index is 425. The van der Waals surface area contributed by atoms with Gasteiger partial charge in [-0.3, -0.25) is 11.3 Å². The van der Waals surface area contributed by atoms with Crippen molar-refractivity contribution in [1.82, 2.24) is 5.43 Å². The molecule has 1 aliphatic heterocycles. The molecule has 1 saturated heterocycles. The third kappa shape index (κ3) is 2.71. The topological polar surface area (TPSA) is 47.3 Å². The van der Waals surface area contributed by atoms with E-state index in [9.17, 15) is 8.78 Å². The van der Waals surface area contributed by atoms with Crippen molar-refractivity contribution in [3.8, 4) is 0 Å². The molecule has 1 aromatic carbocycles. The predicted octanol–water partition coefficient (Wildman–Crippen LogP) is 2.66. The number of halogens is 3. The van der Waals surface area contributed by atoms with E-state index in [1.165, 1.54) is 0 Å². The minimum atomic E-state index is -0.885. The van der Waals surface area contributed by atoms with Gasteiger partial charge in [-0.05, 0) is 40.4 Å². The van der Waals surface area contributed by atoms with E-state index < -0.39 is 11.6 Å². The zero-order chi connectivity index (χ0) is 13.1. The Morgan fingerprint density at radius 2 is 2.22 bits per heavy atom. The maximum absolute atomic E-state index is 13.5. The summed E-state index contributed by atoms with van der Waals surface area (Å²) in [5.41, 5.74) is 3.29. The molecular weight excluding hydrogens is 306 g/mol. The standard InChI is InChI=1S/C12H15BrF2N2O/c13-10-8(3-4-9(14)11(10)15)12(17-16)7-2-1-5-18-6-7/h3-4,7,12,17H,1-2,5-6,16H2. The number of nitrogens with one attached hydrogen (secondary N) is 1. The van der Waals surface area contributed by atoms with Gasteiger partial charge in [0.05, 0.1) is 17.1 Å². The molecule has 0 aromatic heterocycles. The summed E-state index contributed by atoms with van der Waals surface area (Å²) < 4.78 is 32.1. The molecule has 0 aliphatic carbocycles. The third-order valence-electron chi connectivity index (χ3n) is 3.25. The molecule has 0 bridgehead atoms. The maximum Gasteiger partial charge on any atom is 0.173 e. The zero-order valence-corrected chi connectivity index (χ0v) is 11.3. The summed E-state index contributed by atoms with van der Waals surface area (Å²) in [5, 5.41) is 0. The highest BCUT2D eigenvalue weighted by atomic mass is 79.9. The van der Waals surface area contributed by atoms with Crippen molar-refractivity contribution < 1.29 is 13.5 Å². The quantitative estimate of drug-likeness (QED) is 0.511. The molecule has 0 amide bonds. The summed E-state index contributed by atoms with van der Waals surface area (Å²) in [5.74, 6) is 3.95. The molecule has 0 radical (unpaired) electrons. The first-order chi connectivity index (χ1) is 8.65. The average Bonchev–Trinajstić information content (AvgIpc) is 2.41. The van der Waals surface area contributed by atoms with Crippen molar-refractivity contribution in [2.75, 3.05) is 13.2 Å². The minimum Gasteiger partial charge on any atom is -0.381 e. The highest BCUT2D eigenvalue weighted by molar-refractivity contribution is 9.10. The van der Waals surface area contributed by atoms with E-state index in [0.717, 1.165) is 25.5 Å². The molecule has 0 spiro atoms. The fourth-order valence-corrected chi connectivity index (χ4v) is 2.86. The normalized spacial score (nSPS) is 21.9. The fraction of sp³-hybridized carbons (Fsp3) is 0.500. The fourth-order valence-electron chi connectivity index (χ4n) is 2.29. The minimum absolute atomic E-state index is 0.121. The van der Waals surface area contributed by atoms with Crippen LogP contribution in [0.5, 0.6) is 0 Å². The first-order valence-corrected chi connectivity index (χ1v) is 6.61. The van der Waals surface area contributed by atoms with Crippen molar-refractivity contribution in [3.63, 3.8) is 0 Å². The number of hydrogen-bond acceptors (Lipinski definition) is 3. The molecule has 1 fully saturated rings. The summed E-state index contributed by atoms with van der Waals surface area (Å²) in [6, 6.07) is 2.40. The molecule has 2 unspecified atom stereocenters. The lowest BCUT2D eigenvalue weighted by molar-refractivity contribution is 0.0388. The highest BCUT2D eigenvalue weighted by Gasteiger charge is 2.27. The molecule has 0 saturated carbocycles. The molecule has 100 valence electrons. The molecular formula is C12H15BrF2N2O. The Morgan fingerprint density at radius 1 is 1.44 bits per heavy atom. The Kier molecular flexibility index (Phi) is 4.66. The van der Waals surface area contributed by atoms with E-state index in [1.54, 1.807) is 6.07 Å². The summed E-state index contributed by atoms with van der Waals surface area (Å²) >= 11 is 3.09. The van der Waals surface area contributed by atoms with Gasteiger partial charge in [-0.25, -0.2) is 8.78 Å². The number of rotatable bonds is 3. The van der Waals surface area contributed by atoms with E-state index in [0.29, 0.717) is 12.2 Å². The largest absolute Gasteiger partial charge is 0.381 e. The van der Waals surface area contributed by atoms with E-state index in [2.05, 4.69) is 21.4 Å². The van der Waals surface area contributed by atoms with E-state index in [1.807, 2.05) is 0 Å². The Hall–Kier alpha value is -0.560. The second-order valence-electron chi connectivity index (χ2n) is 4.39. The van der Waals surface area contributed by atoms with Crippen LogP contribution in [0.4, 0.5) is 8.78 Å². The van der Waals surface area contributed by atoms with Crippen molar-refractivity contribution >= 4 is 15.9 Å². The lowest BCUT2D eigenvalue weighted by Gasteiger charge is -2.30. The maximum atomic E-state index is 13.5. The van der Waals surface area contributed by atoms with Gasteiger partial charge >= 0.3 is 0 Å². The van der Waals surface area contributed by atoms with Crippen molar-refractivity contribution in [3.05, 3.63) is 33.8 Å². The van der Waals surface area contributed by atoms with Crippen LogP contribution in [-0.4, -0.2) is 13.2 Å². The van der Waals surface area contributed by atoms with Crippen LogP contribution in [0.1, 0.15) is 24.4 Å². The lowest BCUT2D eigenvalue weighted by Crippen LogP contribution is -2.37. The van der Waals surface area contributed by atoms with Crippen LogP contribution in [0.3, 0.4) is 0 Å². The lowest BCUT2D eigenvalue weighted by atomic mass is 9.89. The Morgan fingerprint density at radius 3 is 2.83 bits per heavy atom. The first-order valence-electron chi connectivity index (χ1n) is 5.82. The number of hydrogen-bond donors (Lipinski definition) is 2. The molecule has 3 nitrogen and oxygen atoms in total. The van der Waals surface area contributed by atoms with Gasteiger partial charge in [0.2, 0.25) is 0 Å². The number of hydrazine groups is 1. The zero-order valence-electron chi connectivity index (χ0n) is 9.76. The Labute approximate surface area is 113 Å². The van der Waals surface area contributed by atoms with Gasteiger partial charge in [-0.2, -0.15) is 0 Å². The monoisotopic (exact) mass is 320 g/mol. The van der Waals surface area contributed by atoms with Gasteiger partial charge < -0.3 is 4.74 Å². The molecule has 18 heavy (non-hydrogen) atoms. The smallest absolute Gasteiger partial charge is 0.173 e. The van der Waals surface area contributed by atoms with Crippen molar-refractivity contribution in [1.29, 1.82) is 0 Å². The summed E-state index contributed by atoms with van der Waals surface area (Å²) in [6.45, 7) is 1.31. The van der Waals surface area contributed by atoms with Gasteiger partial charge in [-0.1, -0.05) is 6.07 Å². The van der Waals surface area contributed by atoms with E-state index in [4.69, 9.17) is 10.6 Å². The van der Waals surface area contributed by atoms with Crippen LogP contribution in [0.15, 0.2) is 16.6 Å². The van der Waals surface area contributed by atoms with Gasteiger partial charge in [0.15, 0.2) is 11.6 Å². The second-order valence-corrected chi connectivity index (χ2v) is 5.18. The van der Waals surface area contributed by atoms with Gasteiger partial charge in [0.25, 0.3) is 0 Å². The van der Waals surface area contributed by atoms with Crippen molar-refractivity contribution in [2.24, 2.45) is 11.8 Å². The number of benzene rings is 1. The molecule has 6 heteroatoms. The average molecular weight is 321 g/mol. The molecule has 2 rings (SSSR count). The molecule has 1 aliphatic rings. The Balaban J connectivity index is 2.29. The van der Waals surface area contributed by atoms with Gasteiger partial charge in [0, 0.05) is 12.5 Å². The van der Waals surface area contributed by atoms with Gasteiger partial charge in [-0.15, -0.1) is 0 Å². The third-order valence-corrected chi connectivity index (χ3v) is 4.05. The first kappa shape index (κ1) is 13.9. The summed E-state index contributed by atoms with van der Waals surface area (Å²) in [4.78, 5) is 0. The number of nitrogens with two attached hydrogens (primary N) is 1. The SMILES string of the molecule is NNC(c1ccc(F)c(F)c1Br)C1CCCOC1. The molecule has 1 heterocycles. The van der Waals surface area contributed by atoms with Crippen LogP contribution >= 0.6 is 15.9 Å². The second kappa shape index (κ2) is 6.06. The van der Waals surface area contributed by atoms with E-state index in [-0.39, 0.29) is 16.4 Å². The molecule has 3 N–H and O–H groups in total.